The van der Waals surface area contributed by atoms with E-state index >= 15 is 0 Å². The van der Waals surface area contributed by atoms with Gasteiger partial charge in [0.1, 0.15) is 16.7 Å². The topological polar surface area (TPSA) is 69.9 Å². The van der Waals surface area contributed by atoms with Crippen LogP contribution in [0.25, 0.3) is 117 Å². The minimum atomic E-state index is 0.556. The monoisotopic (exact) mass is 730 g/mol. The number of para-hydroxylation sites is 4. The number of benzene rings is 8. The summed E-state index contributed by atoms with van der Waals surface area (Å²) in [5.41, 5.74) is 11.2. The molecular weight excluding hydrogens is 701 g/mol. The maximum Gasteiger partial charge on any atom is 0.164 e. The van der Waals surface area contributed by atoms with Crippen LogP contribution in [0.3, 0.4) is 0 Å². The molecule has 57 heavy (non-hydrogen) atoms. The van der Waals surface area contributed by atoms with Gasteiger partial charge in [0.25, 0.3) is 0 Å². The van der Waals surface area contributed by atoms with Gasteiger partial charge in [0.2, 0.25) is 0 Å². The van der Waals surface area contributed by atoms with E-state index in [0.717, 1.165) is 88.4 Å². The van der Waals surface area contributed by atoms with Crippen molar-refractivity contribution in [3.8, 4) is 51.0 Å². The second-order valence-corrected chi connectivity index (χ2v) is 14.3. The van der Waals surface area contributed by atoms with Crippen LogP contribution in [0.2, 0.25) is 0 Å². The maximum absolute atomic E-state index is 6.81. The zero-order valence-electron chi connectivity index (χ0n) is 30.4. The largest absolute Gasteiger partial charge is 0.455 e. The standard InChI is InChI=1S/C51H30N4O2/c1-3-14-31(15-4-1)34-20-11-21-38-37-29-28-33(30-45(37)57-47(34)38)50-52-49(32-16-5-2-6-17-32)53-51(54-50)40-23-13-27-44-46(40)39-22-12-26-43(48(39)56-44)55-41-24-9-7-18-35(41)36-19-8-10-25-42(36)55/h1-30H. The van der Waals surface area contributed by atoms with Crippen molar-refractivity contribution in [1.29, 1.82) is 0 Å². The number of hydrogen-bond donors (Lipinski definition) is 0. The first kappa shape index (κ1) is 31.5. The lowest BCUT2D eigenvalue weighted by molar-refractivity contribution is 0.666. The minimum Gasteiger partial charge on any atom is -0.455 e. The highest BCUT2D eigenvalue weighted by Gasteiger charge is 2.22. The van der Waals surface area contributed by atoms with Crippen LogP contribution in [-0.4, -0.2) is 19.5 Å². The van der Waals surface area contributed by atoms with Gasteiger partial charge in [-0.25, -0.2) is 15.0 Å². The quantitative estimate of drug-likeness (QED) is 0.176. The number of furan rings is 2. The summed E-state index contributed by atoms with van der Waals surface area (Å²) in [4.78, 5) is 15.4. The van der Waals surface area contributed by atoms with Gasteiger partial charge in [-0.3, -0.25) is 0 Å². The van der Waals surface area contributed by atoms with Crippen LogP contribution in [0.4, 0.5) is 0 Å². The highest BCUT2D eigenvalue weighted by molar-refractivity contribution is 6.16. The van der Waals surface area contributed by atoms with Crippen molar-refractivity contribution < 1.29 is 8.83 Å². The Morgan fingerprint density at radius 3 is 1.70 bits per heavy atom. The lowest BCUT2D eigenvalue weighted by atomic mass is 10.0. The van der Waals surface area contributed by atoms with Crippen LogP contribution in [0.15, 0.2) is 191 Å². The Morgan fingerprint density at radius 2 is 0.930 bits per heavy atom. The maximum atomic E-state index is 6.81. The lowest BCUT2D eigenvalue weighted by Crippen LogP contribution is -2.00. The Labute approximate surface area is 325 Å². The van der Waals surface area contributed by atoms with E-state index in [-0.39, 0.29) is 0 Å². The van der Waals surface area contributed by atoms with Crippen LogP contribution in [0.1, 0.15) is 0 Å². The van der Waals surface area contributed by atoms with E-state index in [1.165, 1.54) is 10.8 Å². The van der Waals surface area contributed by atoms with Gasteiger partial charge < -0.3 is 13.4 Å². The minimum absolute atomic E-state index is 0.556. The molecule has 0 radical (unpaired) electrons. The predicted octanol–water partition coefficient (Wildman–Crippen LogP) is 13.4. The highest BCUT2D eigenvalue weighted by Crippen LogP contribution is 2.42. The third-order valence-electron chi connectivity index (χ3n) is 11.1. The smallest absolute Gasteiger partial charge is 0.164 e. The second-order valence-electron chi connectivity index (χ2n) is 14.3. The van der Waals surface area contributed by atoms with Crippen LogP contribution in [0, 0.1) is 0 Å². The van der Waals surface area contributed by atoms with Gasteiger partial charge in [-0.15, -0.1) is 0 Å². The molecule has 4 heterocycles. The van der Waals surface area contributed by atoms with Gasteiger partial charge in [0.05, 0.1) is 16.7 Å². The van der Waals surface area contributed by atoms with Crippen molar-refractivity contribution in [1.82, 2.24) is 19.5 Å². The molecule has 8 aromatic carbocycles. The molecule has 6 heteroatoms. The summed E-state index contributed by atoms with van der Waals surface area (Å²) in [5.74, 6) is 1.70. The molecule has 0 aliphatic heterocycles. The fourth-order valence-electron chi connectivity index (χ4n) is 8.50. The Hall–Kier alpha value is -7.83. The van der Waals surface area contributed by atoms with Gasteiger partial charge in [0, 0.05) is 54.6 Å². The van der Waals surface area contributed by atoms with Crippen molar-refractivity contribution in [2.45, 2.75) is 0 Å². The molecule has 0 saturated heterocycles. The summed E-state index contributed by atoms with van der Waals surface area (Å²) in [6, 6.07) is 62.5. The van der Waals surface area contributed by atoms with Gasteiger partial charge in [-0.2, -0.15) is 0 Å². The molecule has 12 rings (SSSR count). The summed E-state index contributed by atoms with van der Waals surface area (Å²) in [7, 11) is 0. The molecule has 0 N–H and O–H groups in total. The van der Waals surface area contributed by atoms with E-state index in [1.54, 1.807) is 0 Å². The van der Waals surface area contributed by atoms with Gasteiger partial charge in [0.15, 0.2) is 23.1 Å². The molecule has 0 aliphatic carbocycles. The summed E-state index contributed by atoms with van der Waals surface area (Å²) in [5, 5.41) is 6.44. The molecule has 0 spiro atoms. The van der Waals surface area contributed by atoms with Crippen molar-refractivity contribution >= 4 is 65.7 Å². The Bertz CT molecular complexity index is 3470. The van der Waals surface area contributed by atoms with E-state index in [0.29, 0.717) is 17.5 Å². The molecule has 0 saturated carbocycles. The summed E-state index contributed by atoms with van der Waals surface area (Å²) < 4.78 is 15.8. The average molecular weight is 731 g/mol. The first-order chi connectivity index (χ1) is 28.3. The van der Waals surface area contributed by atoms with Crippen molar-refractivity contribution in [3.63, 3.8) is 0 Å². The number of hydrogen-bond acceptors (Lipinski definition) is 5. The number of aromatic nitrogens is 4. The predicted molar refractivity (Wildman–Crippen MR) is 230 cm³/mol. The molecule has 6 nitrogen and oxygen atoms in total. The van der Waals surface area contributed by atoms with E-state index in [2.05, 4.69) is 132 Å². The van der Waals surface area contributed by atoms with Crippen LogP contribution in [0.5, 0.6) is 0 Å². The lowest BCUT2D eigenvalue weighted by Gasteiger charge is -2.10. The molecule has 0 bridgehead atoms. The molecule has 12 aromatic rings. The van der Waals surface area contributed by atoms with Gasteiger partial charge >= 0.3 is 0 Å². The zero-order chi connectivity index (χ0) is 37.5. The Morgan fingerprint density at radius 1 is 0.351 bits per heavy atom. The van der Waals surface area contributed by atoms with E-state index in [4.69, 9.17) is 23.8 Å². The number of rotatable bonds is 5. The van der Waals surface area contributed by atoms with E-state index < -0.39 is 0 Å². The van der Waals surface area contributed by atoms with Crippen molar-refractivity contribution in [2.75, 3.05) is 0 Å². The number of nitrogens with zero attached hydrogens (tertiary/aromatic N) is 4. The van der Waals surface area contributed by atoms with Crippen molar-refractivity contribution in [2.24, 2.45) is 0 Å². The number of fused-ring (bicyclic) bond motifs is 9. The second kappa shape index (κ2) is 12.3. The van der Waals surface area contributed by atoms with Crippen molar-refractivity contribution in [3.05, 3.63) is 182 Å². The average Bonchev–Trinajstić information content (AvgIpc) is 3.96. The first-order valence-corrected chi connectivity index (χ1v) is 19.0. The Balaban J connectivity index is 1.06. The molecule has 0 amide bonds. The molecule has 4 aromatic heterocycles. The Kier molecular flexibility index (Phi) is 6.83. The fraction of sp³-hybridized carbons (Fsp3) is 0. The molecule has 0 unspecified atom stereocenters. The normalized spacial score (nSPS) is 11.9. The third kappa shape index (κ3) is 4.87. The summed E-state index contributed by atoms with van der Waals surface area (Å²) >= 11 is 0. The molecule has 0 aliphatic rings. The van der Waals surface area contributed by atoms with Crippen LogP contribution in [-0.2, 0) is 0 Å². The van der Waals surface area contributed by atoms with Crippen LogP contribution < -0.4 is 0 Å². The third-order valence-corrected chi connectivity index (χ3v) is 11.1. The zero-order valence-corrected chi connectivity index (χ0v) is 30.4. The van der Waals surface area contributed by atoms with Crippen LogP contribution >= 0.6 is 0 Å². The molecule has 266 valence electrons. The first-order valence-electron chi connectivity index (χ1n) is 19.0. The summed E-state index contributed by atoms with van der Waals surface area (Å²) in [6.45, 7) is 0. The highest BCUT2D eigenvalue weighted by atomic mass is 16.3. The summed E-state index contributed by atoms with van der Waals surface area (Å²) in [6.07, 6.45) is 0. The van der Waals surface area contributed by atoms with Gasteiger partial charge in [-0.1, -0.05) is 146 Å². The molecular formula is C51H30N4O2. The van der Waals surface area contributed by atoms with E-state index in [1.807, 2.05) is 54.6 Å². The SMILES string of the molecule is c1ccc(-c2nc(-c3ccc4c(c3)oc3c(-c5ccccc5)cccc34)nc(-c3cccc4oc5c(-n6c7ccccc7c7ccccc76)cccc5c34)n2)cc1. The molecule has 0 atom stereocenters. The fourth-order valence-corrected chi connectivity index (χ4v) is 8.50. The molecule has 0 fully saturated rings. The van der Waals surface area contributed by atoms with E-state index in [9.17, 15) is 0 Å². The van der Waals surface area contributed by atoms with Gasteiger partial charge in [-0.05, 0) is 42.0 Å².